The van der Waals surface area contributed by atoms with Gasteiger partial charge in [0.25, 0.3) is 11.5 Å². The molecule has 50 heavy (non-hydrogen) atoms. The maximum absolute atomic E-state index is 16.3. The van der Waals surface area contributed by atoms with Crippen molar-refractivity contribution >= 4 is 57.3 Å². The molecule has 2 N–H and O–H groups in total. The van der Waals surface area contributed by atoms with Crippen LogP contribution in [0.25, 0.3) is 22.3 Å². The van der Waals surface area contributed by atoms with E-state index in [1.54, 1.807) is 12.1 Å². The van der Waals surface area contributed by atoms with Gasteiger partial charge in [0.15, 0.2) is 20.9 Å². The van der Waals surface area contributed by atoms with Gasteiger partial charge in [-0.3, -0.25) is 19.2 Å². The molecule has 1 heterocycles. The minimum atomic E-state index is -2.08. The number of nitrogens with two attached hydrogens (primary N) is 1. The van der Waals surface area contributed by atoms with Crippen molar-refractivity contribution in [3.63, 3.8) is 0 Å². The standard InChI is InChI=1S/C35H56BrFN4O6Si3/c1-35(2,3)50(10,11)47-16-15-41(38)33(42)27-14-12-13-26(30(27)37)31-34(43)40(23-44-17-19-48(4,5)6)28-21-25(36)22-29(32(28)39-31)46-24-45-18-20-49(7,8)9/h12-14,21-22H,15-20,23-24,38H2,1-11H3. The summed E-state index contributed by atoms with van der Waals surface area (Å²) in [6.45, 7) is 25.3. The normalized spacial score (nSPS) is 12.8. The summed E-state index contributed by atoms with van der Waals surface area (Å²) in [5.41, 5.74) is -0.401. The third-order valence-electron chi connectivity index (χ3n) is 8.84. The molecule has 0 atom stereocenters. The van der Waals surface area contributed by atoms with E-state index in [9.17, 15) is 9.59 Å². The van der Waals surface area contributed by atoms with Gasteiger partial charge in [-0.2, -0.15) is 0 Å². The molecule has 0 radical (unpaired) electrons. The van der Waals surface area contributed by atoms with Crippen LogP contribution in [0.2, 0.25) is 69.5 Å². The number of carbonyl (C=O) groups excluding carboxylic acids is 1. The van der Waals surface area contributed by atoms with Crippen molar-refractivity contribution in [2.24, 2.45) is 5.84 Å². The molecular weight excluding hydrogens is 756 g/mol. The second-order valence-electron chi connectivity index (χ2n) is 16.6. The second-order valence-corrected chi connectivity index (χ2v) is 33.5. The molecule has 0 aliphatic rings. The molecule has 0 aliphatic carbocycles. The lowest BCUT2D eigenvalue weighted by Gasteiger charge is -2.36. The molecule has 0 unspecified atom stereocenters. The molecule has 3 aromatic rings. The van der Waals surface area contributed by atoms with Gasteiger partial charge in [-0.05, 0) is 54.5 Å². The number of amides is 1. The number of carbonyl (C=O) groups is 1. The van der Waals surface area contributed by atoms with E-state index in [1.807, 2.05) is 0 Å². The Hall–Kier alpha value is -2.25. The zero-order valence-corrected chi connectivity index (χ0v) is 36.3. The van der Waals surface area contributed by atoms with Crippen LogP contribution in [0.15, 0.2) is 39.6 Å². The first-order chi connectivity index (χ1) is 23.0. The van der Waals surface area contributed by atoms with Crippen molar-refractivity contribution in [2.45, 2.75) is 97.0 Å². The highest BCUT2D eigenvalue weighted by molar-refractivity contribution is 9.10. The molecule has 0 aliphatic heterocycles. The molecule has 0 spiro atoms. The third kappa shape index (κ3) is 11.6. The second kappa shape index (κ2) is 17.1. The highest BCUT2D eigenvalue weighted by Crippen LogP contribution is 2.36. The SMILES string of the molecule is CC(C)(C)[Si](C)(C)OCCN(N)C(=O)c1cccc(-c2nc3c(OCOCC[Si](C)(C)C)cc(Br)cc3n(COCC[Si](C)(C)C)c2=O)c1F. The van der Waals surface area contributed by atoms with Crippen molar-refractivity contribution in [1.29, 1.82) is 0 Å². The first kappa shape index (κ1) is 42.2. The van der Waals surface area contributed by atoms with Gasteiger partial charge in [-0.1, -0.05) is 82.0 Å². The summed E-state index contributed by atoms with van der Waals surface area (Å²) in [4.78, 5) is 32.2. The summed E-state index contributed by atoms with van der Waals surface area (Å²) in [6, 6.07) is 9.65. The fourth-order valence-electron chi connectivity index (χ4n) is 4.52. The molecular formula is C35H56BrFN4O6Si3. The van der Waals surface area contributed by atoms with E-state index in [1.165, 1.54) is 22.8 Å². The number of hydrogen-bond acceptors (Lipinski definition) is 8. The maximum atomic E-state index is 16.3. The van der Waals surface area contributed by atoms with E-state index in [0.717, 1.165) is 17.1 Å². The Bertz CT molecular complexity index is 1700. The summed E-state index contributed by atoms with van der Waals surface area (Å²) in [7, 11) is -4.78. The summed E-state index contributed by atoms with van der Waals surface area (Å²) >= 11 is 3.54. The molecule has 278 valence electrons. The first-order valence-corrected chi connectivity index (χ1v) is 28.2. The summed E-state index contributed by atoms with van der Waals surface area (Å²) in [5, 5.41) is 0.928. The van der Waals surface area contributed by atoms with Crippen LogP contribution in [0.3, 0.4) is 0 Å². The molecule has 0 fully saturated rings. The smallest absolute Gasteiger partial charge is 0.279 e. The number of ether oxygens (including phenoxy) is 3. The largest absolute Gasteiger partial charge is 0.465 e. The maximum Gasteiger partial charge on any atom is 0.279 e. The number of hydrogen-bond donors (Lipinski definition) is 1. The van der Waals surface area contributed by atoms with Crippen LogP contribution in [-0.4, -0.2) is 78.1 Å². The molecule has 0 saturated carbocycles. The first-order valence-electron chi connectivity index (χ1n) is 17.0. The van der Waals surface area contributed by atoms with E-state index in [-0.39, 0.29) is 48.5 Å². The molecule has 1 aromatic heterocycles. The highest BCUT2D eigenvalue weighted by atomic mass is 79.9. The van der Waals surface area contributed by atoms with Crippen LogP contribution in [0.5, 0.6) is 5.75 Å². The molecule has 2 aromatic carbocycles. The predicted molar refractivity (Wildman–Crippen MR) is 211 cm³/mol. The fraction of sp³-hybridized carbons (Fsp3) is 0.571. The van der Waals surface area contributed by atoms with Crippen molar-refractivity contribution in [3.8, 4) is 17.0 Å². The van der Waals surface area contributed by atoms with Crippen LogP contribution in [0.4, 0.5) is 4.39 Å². The van der Waals surface area contributed by atoms with Crippen LogP contribution in [0, 0.1) is 5.82 Å². The number of fused-ring (bicyclic) bond motifs is 1. The van der Waals surface area contributed by atoms with E-state index in [4.69, 9.17) is 24.5 Å². The Kier molecular flexibility index (Phi) is 14.4. The predicted octanol–water partition coefficient (Wildman–Crippen LogP) is 8.31. The van der Waals surface area contributed by atoms with E-state index < -0.39 is 41.7 Å². The Morgan fingerprint density at radius 1 is 0.980 bits per heavy atom. The number of rotatable bonds is 17. The van der Waals surface area contributed by atoms with Crippen LogP contribution in [-0.2, 0) is 20.6 Å². The van der Waals surface area contributed by atoms with Crippen LogP contribution in [0.1, 0.15) is 31.1 Å². The lowest BCUT2D eigenvalue weighted by Crippen LogP contribution is -2.45. The van der Waals surface area contributed by atoms with Gasteiger partial charge in [0.05, 0.1) is 24.2 Å². The van der Waals surface area contributed by atoms with Crippen molar-refractivity contribution in [3.05, 3.63) is 56.5 Å². The van der Waals surface area contributed by atoms with Gasteiger partial charge in [-0.25, -0.2) is 15.2 Å². The number of halogens is 2. The van der Waals surface area contributed by atoms with Crippen molar-refractivity contribution in [1.82, 2.24) is 14.6 Å². The zero-order valence-electron chi connectivity index (χ0n) is 31.7. The van der Waals surface area contributed by atoms with Gasteiger partial charge in [-0.15, -0.1) is 0 Å². The quantitative estimate of drug-likeness (QED) is 0.0362. The Morgan fingerprint density at radius 3 is 2.20 bits per heavy atom. The number of nitrogens with zero attached hydrogens (tertiary/aromatic N) is 3. The number of benzene rings is 2. The molecule has 0 saturated heterocycles. The van der Waals surface area contributed by atoms with Crippen molar-refractivity contribution in [2.75, 3.05) is 33.2 Å². The van der Waals surface area contributed by atoms with E-state index in [0.29, 0.717) is 34.5 Å². The summed E-state index contributed by atoms with van der Waals surface area (Å²) in [6.07, 6.45) is 0. The Labute approximate surface area is 308 Å². The van der Waals surface area contributed by atoms with Crippen LogP contribution >= 0.6 is 15.9 Å². The highest BCUT2D eigenvalue weighted by Gasteiger charge is 2.37. The lowest BCUT2D eigenvalue weighted by molar-refractivity contribution is 0.0228. The number of aromatic nitrogens is 2. The Morgan fingerprint density at radius 2 is 1.60 bits per heavy atom. The third-order valence-corrected chi connectivity index (χ3v) is 17.2. The van der Waals surface area contributed by atoms with Crippen molar-refractivity contribution < 1.29 is 27.8 Å². The van der Waals surface area contributed by atoms with Gasteiger partial charge in [0.1, 0.15) is 23.8 Å². The van der Waals surface area contributed by atoms with E-state index in [2.05, 4.69) is 94.1 Å². The van der Waals surface area contributed by atoms with Gasteiger partial charge < -0.3 is 18.6 Å². The number of hydrazine groups is 1. The monoisotopic (exact) mass is 810 g/mol. The fourth-order valence-corrected chi connectivity index (χ4v) is 7.49. The molecule has 10 nitrogen and oxygen atoms in total. The summed E-state index contributed by atoms with van der Waals surface area (Å²) < 4.78 is 42.4. The topological polar surface area (TPSA) is 118 Å². The average Bonchev–Trinajstić information content (AvgIpc) is 2.98. The Balaban J connectivity index is 2.03. The van der Waals surface area contributed by atoms with Crippen LogP contribution < -0.4 is 16.1 Å². The molecule has 1 amide bonds. The molecule has 3 rings (SSSR count). The minimum Gasteiger partial charge on any atom is -0.465 e. The lowest BCUT2D eigenvalue weighted by atomic mass is 10.1. The minimum absolute atomic E-state index is 0.0162. The van der Waals surface area contributed by atoms with Gasteiger partial charge in [0.2, 0.25) is 0 Å². The summed E-state index contributed by atoms with van der Waals surface area (Å²) in [5.74, 6) is 4.84. The molecule has 15 heteroatoms. The molecule has 0 bridgehead atoms. The van der Waals surface area contributed by atoms with Gasteiger partial charge >= 0.3 is 0 Å². The zero-order chi connectivity index (χ0) is 37.7. The van der Waals surface area contributed by atoms with E-state index >= 15 is 4.39 Å². The van der Waals surface area contributed by atoms with Gasteiger partial charge in [0, 0.05) is 39.4 Å². The average molecular weight is 812 g/mol.